The molecule has 0 radical (unpaired) electrons. The fourth-order valence-corrected chi connectivity index (χ4v) is 4.13. The largest absolute Gasteiger partial charge is 0.456 e. The molecule has 2 aromatic heterocycles. The maximum absolute atomic E-state index is 9.86. The van der Waals surface area contributed by atoms with Crippen LogP contribution < -0.4 is 4.74 Å². The number of H-pyrrole nitrogens is 1. The highest BCUT2D eigenvalue weighted by molar-refractivity contribution is 6.33. The van der Waals surface area contributed by atoms with Crippen LogP contribution in [-0.4, -0.2) is 57.7 Å². The Morgan fingerprint density at radius 2 is 1.90 bits per heavy atom. The van der Waals surface area contributed by atoms with Crippen LogP contribution in [0.15, 0.2) is 30.3 Å². The number of hydrogen-bond acceptors (Lipinski definition) is 6. The molecule has 4 atom stereocenters. The Kier molecular flexibility index (Phi) is 4.70. The second-order valence-electron chi connectivity index (χ2n) is 7.83. The van der Waals surface area contributed by atoms with Crippen LogP contribution in [0.4, 0.5) is 0 Å². The van der Waals surface area contributed by atoms with Gasteiger partial charge in [-0.2, -0.15) is 4.98 Å². The van der Waals surface area contributed by atoms with Gasteiger partial charge in [-0.05, 0) is 17.5 Å². The van der Waals surface area contributed by atoms with Gasteiger partial charge in [-0.1, -0.05) is 49.7 Å². The third-order valence-corrected chi connectivity index (χ3v) is 5.79. The highest BCUT2D eigenvalue weighted by atomic mass is 35.5. The predicted octanol–water partition coefficient (Wildman–Crippen LogP) is 3.31. The molecule has 4 heterocycles. The number of nitrogens with zero attached hydrogens (tertiary/aromatic N) is 2. The molecule has 2 fully saturated rings. The smallest absolute Gasteiger partial charge is 0.296 e. The average Bonchev–Trinajstić information content (AvgIpc) is 3.38. The van der Waals surface area contributed by atoms with Crippen molar-refractivity contribution in [2.24, 2.45) is 0 Å². The zero-order chi connectivity index (χ0) is 20.1. The number of rotatable bonds is 4. The second-order valence-corrected chi connectivity index (χ2v) is 8.24. The number of pyridine rings is 1. The molecule has 29 heavy (non-hydrogen) atoms. The van der Waals surface area contributed by atoms with Crippen molar-refractivity contribution in [3.8, 4) is 17.3 Å². The Labute approximate surface area is 173 Å². The van der Waals surface area contributed by atoms with Gasteiger partial charge in [0.15, 0.2) is 11.8 Å². The van der Waals surface area contributed by atoms with Gasteiger partial charge in [-0.3, -0.25) is 0 Å². The van der Waals surface area contributed by atoms with Crippen LogP contribution in [-0.2, 0) is 9.47 Å². The van der Waals surface area contributed by atoms with Crippen LogP contribution in [0.25, 0.3) is 22.4 Å². The van der Waals surface area contributed by atoms with Gasteiger partial charge in [0.1, 0.15) is 18.3 Å². The molecule has 0 bridgehead atoms. The van der Waals surface area contributed by atoms with Crippen LogP contribution in [0.2, 0.25) is 5.02 Å². The number of aliphatic hydroxyl groups is 1. The van der Waals surface area contributed by atoms with Crippen LogP contribution in [0, 0.1) is 0 Å². The first-order valence-electron chi connectivity index (χ1n) is 9.74. The number of imidazole rings is 1. The summed E-state index contributed by atoms with van der Waals surface area (Å²) in [6.45, 7) is 4.91. The molecule has 7 nitrogen and oxygen atoms in total. The number of hydrogen-bond donors (Lipinski definition) is 2. The number of aromatic nitrogens is 3. The van der Waals surface area contributed by atoms with Crippen LogP contribution >= 0.6 is 11.6 Å². The van der Waals surface area contributed by atoms with Gasteiger partial charge in [0.2, 0.25) is 0 Å². The van der Waals surface area contributed by atoms with Crippen molar-refractivity contribution in [1.29, 1.82) is 0 Å². The Morgan fingerprint density at radius 1 is 1.14 bits per heavy atom. The van der Waals surface area contributed by atoms with Gasteiger partial charge < -0.3 is 24.3 Å². The molecule has 1 aromatic carbocycles. The van der Waals surface area contributed by atoms with Crippen molar-refractivity contribution in [2.45, 2.75) is 44.2 Å². The van der Waals surface area contributed by atoms with Crippen molar-refractivity contribution in [3.05, 3.63) is 40.9 Å². The normalized spacial score (nSPS) is 26.4. The summed E-state index contributed by atoms with van der Waals surface area (Å²) >= 11 is 6.49. The Balaban J connectivity index is 1.41. The zero-order valence-electron chi connectivity index (χ0n) is 16.1. The predicted molar refractivity (Wildman–Crippen MR) is 108 cm³/mol. The number of aliphatic hydroxyl groups excluding tert-OH is 1. The molecule has 3 aromatic rings. The molecule has 0 aliphatic carbocycles. The fourth-order valence-electron chi connectivity index (χ4n) is 3.87. The summed E-state index contributed by atoms with van der Waals surface area (Å²) in [6, 6.07) is 10.4. The first-order chi connectivity index (χ1) is 14.0. The maximum atomic E-state index is 9.86. The van der Waals surface area contributed by atoms with Crippen LogP contribution in [0.3, 0.4) is 0 Å². The first kappa shape index (κ1) is 18.8. The fraction of sp³-hybridized carbons (Fsp3) is 0.429. The van der Waals surface area contributed by atoms with Crippen molar-refractivity contribution in [3.63, 3.8) is 0 Å². The highest BCUT2D eigenvalue weighted by Gasteiger charge is 2.48. The molecule has 0 spiro atoms. The van der Waals surface area contributed by atoms with E-state index in [1.54, 1.807) is 6.07 Å². The molecule has 8 heteroatoms. The van der Waals surface area contributed by atoms with Gasteiger partial charge >= 0.3 is 0 Å². The van der Waals surface area contributed by atoms with Gasteiger partial charge in [0.25, 0.3) is 6.01 Å². The van der Waals surface area contributed by atoms with Gasteiger partial charge in [-0.15, -0.1) is 0 Å². The van der Waals surface area contributed by atoms with Crippen molar-refractivity contribution < 1.29 is 19.3 Å². The molecular weight excluding hydrogens is 394 g/mol. The lowest BCUT2D eigenvalue weighted by Gasteiger charge is -2.15. The van der Waals surface area contributed by atoms with E-state index in [0.29, 0.717) is 40.4 Å². The van der Waals surface area contributed by atoms with E-state index in [2.05, 4.69) is 40.9 Å². The molecular formula is C21H22ClN3O4. The second kappa shape index (κ2) is 7.25. The quantitative estimate of drug-likeness (QED) is 0.679. The number of ether oxygens (including phenoxy) is 3. The Bertz CT molecular complexity index is 1040. The minimum Gasteiger partial charge on any atom is -0.456 e. The van der Waals surface area contributed by atoms with Crippen molar-refractivity contribution in [2.75, 3.05) is 13.2 Å². The third kappa shape index (κ3) is 3.38. The van der Waals surface area contributed by atoms with E-state index in [1.807, 2.05) is 12.1 Å². The number of benzene rings is 1. The summed E-state index contributed by atoms with van der Waals surface area (Å²) in [7, 11) is 0. The van der Waals surface area contributed by atoms with Crippen LogP contribution in [0.1, 0.15) is 25.3 Å². The van der Waals surface area contributed by atoms with E-state index in [1.165, 1.54) is 5.56 Å². The minimum absolute atomic E-state index is 0.255. The van der Waals surface area contributed by atoms with Gasteiger partial charge in [0, 0.05) is 5.56 Å². The molecule has 2 aliphatic rings. The first-order valence-corrected chi connectivity index (χ1v) is 10.1. The van der Waals surface area contributed by atoms with E-state index in [-0.39, 0.29) is 24.9 Å². The number of nitrogens with one attached hydrogen (secondary N) is 1. The maximum Gasteiger partial charge on any atom is 0.296 e. The third-order valence-electron chi connectivity index (χ3n) is 5.50. The molecule has 4 unspecified atom stereocenters. The topological polar surface area (TPSA) is 89.5 Å². The lowest BCUT2D eigenvalue weighted by molar-refractivity contribution is 0.00706. The lowest BCUT2D eigenvalue weighted by Crippen LogP contribution is -2.34. The van der Waals surface area contributed by atoms with Gasteiger partial charge in [-0.25, -0.2) is 4.98 Å². The Hall–Kier alpha value is -2.19. The number of fused-ring (bicyclic) bond motifs is 2. The molecule has 5 rings (SSSR count). The molecule has 2 aliphatic heterocycles. The van der Waals surface area contributed by atoms with E-state index in [0.717, 1.165) is 5.56 Å². The molecule has 2 N–H and O–H groups in total. The Morgan fingerprint density at radius 3 is 2.66 bits per heavy atom. The van der Waals surface area contributed by atoms with Crippen molar-refractivity contribution in [1.82, 2.24) is 15.0 Å². The summed E-state index contributed by atoms with van der Waals surface area (Å²) in [4.78, 5) is 12.2. The molecule has 0 saturated carbocycles. The summed E-state index contributed by atoms with van der Waals surface area (Å²) < 4.78 is 17.1. The van der Waals surface area contributed by atoms with Gasteiger partial charge in [0.05, 0.1) is 29.4 Å². The number of aromatic amines is 1. The van der Waals surface area contributed by atoms with E-state index in [9.17, 15) is 5.11 Å². The lowest BCUT2D eigenvalue weighted by atomic mass is 10.0. The van der Waals surface area contributed by atoms with Crippen molar-refractivity contribution >= 4 is 22.8 Å². The van der Waals surface area contributed by atoms with E-state index in [4.69, 9.17) is 25.8 Å². The summed E-state index contributed by atoms with van der Waals surface area (Å²) in [5, 5.41) is 10.4. The summed E-state index contributed by atoms with van der Waals surface area (Å²) in [5.74, 6) is 0.463. The SMILES string of the molecule is CC(C)c1ccc(-c2nc3nc(OC4COC5C(O)COC45)[nH]c3cc2Cl)cc1. The monoisotopic (exact) mass is 415 g/mol. The molecule has 0 amide bonds. The average molecular weight is 416 g/mol. The minimum atomic E-state index is -0.616. The zero-order valence-corrected chi connectivity index (χ0v) is 16.9. The van der Waals surface area contributed by atoms with Crippen LogP contribution in [0.5, 0.6) is 6.01 Å². The summed E-state index contributed by atoms with van der Waals surface area (Å²) in [5.41, 5.74) is 4.09. The standard InChI is InChI=1S/C21H22ClN3O4/c1-10(2)11-3-5-12(6-4-11)17-13(22)7-14-20(24-17)25-21(23-14)29-16-9-28-18-15(26)8-27-19(16)18/h3-7,10,15-16,18-19,26H,8-9H2,1-2H3,(H,23,24,25). The molecule has 2 saturated heterocycles. The summed E-state index contributed by atoms with van der Waals surface area (Å²) in [6.07, 6.45) is -1.60. The molecule has 152 valence electrons. The van der Waals surface area contributed by atoms with E-state index < -0.39 is 6.10 Å². The highest BCUT2D eigenvalue weighted by Crippen LogP contribution is 2.32. The number of halogens is 1. The van der Waals surface area contributed by atoms with E-state index >= 15 is 0 Å².